The number of rotatable bonds is 3. The van der Waals surface area contributed by atoms with E-state index in [0.717, 1.165) is 9.90 Å². The molecule has 0 unspecified atom stereocenters. The average Bonchev–Trinajstić information content (AvgIpc) is 2.86. The number of benzene rings is 1. The van der Waals surface area contributed by atoms with Crippen molar-refractivity contribution < 1.29 is 4.79 Å². The van der Waals surface area contributed by atoms with Crippen LogP contribution in [0.1, 0.15) is 10.4 Å². The lowest BCUT2D eigenvalue weighted by Gasteiger charge is -2.09. The number of aromatic nitrogens is 2. The number of thioether (sulfide) groups is 1. The van der Waals surface area contributed by atoms with Crippen LogP contribution in [-0.4, -0.2) is 40.5 Å². The van der Waals surface area contributed by atoms with Crippen molar-refractivity contribution in [1.82, 2.24) is 14.3 Å². The van der Waals surface area contributed by atoms with E-state index in [-0.39, 0.29) is 5.91 Å². The number of hydrogen-bond acceptors (Lipinski definition) is 5. The Bertz CT molecular complexity index is 549. The lowest BCUT2D eigenvalue weighted by molar-refractivity contribution is 0.0827. The van der Waals surface area contributed by atoms with Crippen LogP contribution in [0.5, 0.6) is 0 Å². The van der Waals surface area contributed by atoms with Crippen molar-refractivity contribution in [1.29, 1.82) is 0 Å². The van der Waals surface area contributed by atoms with Crippen molar-refractivity contribution >= 4 is 29.2 Å². The van der Waals surface area contributed by atoms with Gasteiger partial charge in [0.05, 0.1) is 0 Å². The van der Waals surface area contributed by atoms with Crippen molar-refractivity contribution in [3.05, 3.63) is 29.8 Å². The summed E-state index contributed by atoms with van der Waals surface area (Å²) in [6.07, 6.45) is 1.98. The van der Waals surface area contributed by atoms with E-state index in [1.807, 2.05) is 18.4 Å². The molecule has 1 aromatic heterocycles. The van der Waals surface area contributed by atoms with Gasteiger partial charge in [-0.2, -0.15) is 4.37 Å². The molecule has 0 aliphatic rings. The maximum absolute atomic E-state index is 11.7. The average molecular weight is 279 g/mol. The lowest BCUT2D eigenvalue weighted by Crippen LogP contribution is -2.21. The number of amides is 1. The van der Waals surface area contributed by atoms with Gasteiger partial charge in [0.25, 0.3) is 5.91 Å². The van der Waals surface area contributed by atoms with Crippen molar-refractivity contribution in [2.24, 2.45) is 0 Å². The Labute approximate surface area is 114 Å². The van der Waals surface area contributed by atoms with E-state index >= 15 is 0 Å². The van der Waals surface area contributed by atoms with Crippen LogP contribution in [0.3, 0.4) is 0 Å². The third-order valence-electron chi connectivity index (χ3n) is 2.38. The molecule has 0 aliphatic heterocycles. The molecule has 6 heteroatoms. The Morgan fingerprint density at radius 1 is 1.28 bits per heavy atom. The fraction of sp³-hybridized carbons (Fsp3) is 0.250. The molecule has 0 saturated carbocycles. The molecule has 0 bridgehead atoms. The summed E-state index contributed by atoms with van der Waals surface area (Å²) < 4.78 is 5.22. The third-order valence-corrected chi connectivity index (χ3v) is 4.05. The summed E-state index contributed by atoms with van der Waals surface area (Å²) in [4.78, 5) is 17.7. The van der Waals surface area contributed by atoms with E-state index in [0.29, 0.717) is 11.4 Å². The first-order chi connectivity index (χ1) is 8.61. The van der Waals surface area contributed by atoms with Gasteiger partial charge < -0.3 is 4.90 Å². The summed E-state index contributed by atoms with van der Waals surface area (Å²) in [6.45, 7) is 0. The smallest absolute Gasteiger partial charge is 0.253 e. The van der Waals surface area contributed by atoms with E-state index in [9.17, 15) is 4.79 Å². The second-order valence-electron chi connectivity index (χ2n) is 3.86. The molecule has 4 nitrogen and oxygen atoms in total. The highest BCUT2D eigenvalue weighted by Crippen LogP contribution is 2.23. The zero-order valence-electron chi connectivity index (χ0n) is 10.4. The summed E-state index contributed by atoms with van der Waals surface area (Å²) in [5.74, 6) is 0.714. The molecule has 1 aromatic carbocycles. The second kappa shape index (κ2) is 5.49. The van der Waals surface area contributed by atoms with Gasteiger partial charge >= 0.3 is 0 Å². The Balaban J connectivity index is 2.24. The summed E-state index contributed by atoms with van der Waals surface area (Å²) >= 11 is 2.97. The second-order valence-corrected chi connectivity index (χ2v) is 5.67. The minimum Gasteiger partial charge on any atom is -0.345 e. The monoisotopic (exact) mass is 279 g/mol. The number of hydrogen-bond donors (Lipinski definition) is 0. The topological polar surface area (TPSA) is 46.1 Å². The third kappa shape index (κ3) is 2.70. The molecule has 2 aromatic rings. The maximum Gasteiger partial charge on any atom is 0.253 e. The molecule has 2 rings (SSSR count). The summed E-state index contributed by atoms with van der Waals surface area (Å²) in [5, 5.41) is 0. The zero-order valence-corrected chi connectivity index (χ0v) is 12.0. The number of carbonyl (C=O) groups excluding carboxylic acids is 1. The SMILES string of the molecule is CSc1nc(-c2ccc(C(=O)N(C)C)cc2)ns1. The van der Waals surface area contributed by atoms with Crippen LogP contribution in [-0.2, 0) is 0 Å². The lowest BCUT2D eigenvalue weighted by atomic mass is 10.1. The van der Waals surface area contributed by atoms with Gasteiger partial charge in [0.1, 0.15) is 0 Å². The Kier molecular flexibility index (Phi) is 3.98. The fourth-order valence-corrected chi connectivity index (χ4v) is 2.46. The van der Waals surface area contributed by atoms with Gasteiger partial charge in [-0.15, -0.1) is 0 Å². The van der Waals surface area contributed by atoms with Crippen molar-refractivity contribution in [2.75, 3.05) is 20.4 Å². The first kappa shape index (κ1) is 13.0. The molecule has 0 saturated heterocycles. The first-order valence-corrected chi connectivity index (χ1v) is 7.31. The normalized spacial score (nSPS) is 10.4. The standard InChI is InChI=1S/C12H13N3OS2/c1-15(2)11(16)9-6-4-8(5-7-9)10-13-12(17-3)18-14-10/h4-7H,1-3H3. The van der Waals surface area contributed by atoms with Gasteiger partial charge in [-0.3, -0.25) is 4.79 Å². The molecule has 0 radical (unpaired) electrons. The minimum absolute atomic E-state index is 0.00223. The van der Waals surface area contributed by atoms with Crippen molar-refractivity contribution in [3.63, 3.8) is 0 Å². The van der Waals surface area contributed by atoms with Crippen molar-refractivity contribution in [2.45, 2.75) is 4.34 Å². The van der Waals surface area contributed by atoms with Crippen LogP contribution in [0.25, 0.3) is 11.4 Å². The Morgan fingerprint density at radius 2 is 1.94 bits per heavy atom. The van der Waals surface area contributed by atoms with E-state index in [1.54, 1.807) is 42.9 Å². The zero-order chi connectivity index (χ0) is 13.1. The highest BCUT2D eigenvalue weighted by molar-refractivity contribution is 8.00. The number of nitrogens with zero attached hydrogens (tertiary/aromatic N) is 3. The van der Waals surface area contributed by atoms with Gasteiger partial charge in [-0.1, -0.05) is 23.9 Å². The van der Waals surface area contributed by atoms with E-state index < -0.39 is 0 Å². The van der Waals surface area contributed by atoms with Crippen LogP contribution in [0.15, 0.2) is 28.6 Å². The van der Waals surface area contributed by atoms with E-state index in [2.05, 4.69) is 9.36 Å². The molecule has 0 atom stereocenters. The summed E-state index contributed by atoms with van der Waals surface area (Å²) in [6, 6.07) is 7.36. The molecule has 0 spiro atoms. The summed E-state index contributed by atoms with van der Waals surface area (Å²) in [7, 11) is 3.48. The predicted octanol–water partition coefficient (Wildman–Crippen LogP) is 2.63. The van der Waals surface area contributed by atoms with E-state index in [4.69, 9.17) is 0 Å². The summed E-state index contributed by atoms with van der Waals surface area (Å²) in [5.41, 5.74) is 1.60. The van der Waals surface area contributed by atoms with Gasteiger partial charge in [-0.05, 0) is 29.9 Å². The minimum atomic E-state index is -0.00223. The van der Waals surface area contributed by atoms with Crippen LogP contribution in [0.2, 0.25) is 0 Å². The van der Waals surface area contributed by atoms with Gasteiger partial charge in [0, 0.05) is 25.2 Å². The Hall–Kier alpha value is -1.40. The van der Waals surface area contributed by atoms with E-state index in [1.165, 1.54) is 11.5 Å². The molecule has 0 N–H and O–H groups in total. The highest BCUT2D eigenvalue weighted by atomic mass is 32.2. The predicted molar refractivity (Wildman–Crippen MR) is 75.1 cm³/mol. The fourth-order valence-electron chi connectivity index (χ4n) is 1.43. The molecule has 0 fully saturated rings. The van der Waals surface area contributed by atoms with Gasteiger partial charge in [0.15, 0.2) is 10.2 Å². The molecule has 1 amide bonds. The van der Waals surface area contributed by atoms with Gasteiger partial charge in [-0.25, -0.2) is 4.98 Å². The van der Waals surface area contributed by atoms with Crippen LogP contribution in [0, 0.1) is 0 Å². The molecular formula is C12H13N3OS2. The molecule has 18 heavy (non-hydrogen) atoms. The number of carbonyl (C=O) groups is 1. The van der Waals surface area contributed by atoms with Crippen molar-refractivity contribution in [3.8, 4) is 11.4 Å². The molecule has 0 aliphatic carbocycles. The molecular weight excluding hydrogens is 266 g/mol. The molecule has 1 heterocycles. The van der Waals surface area contributed by atoms with Crippen LogP contribution in [0.4, 0.5) is 0 Å². The van der Waals surface area contributed by atoms with Crippen LogP contribution >= 0.6 is 23.3 Å². The highest BCUT2D eigenvalue weighted by Gasteiger charge is 2.09. The largest absolute Gasteiger partial charge is 0.345 e. The van der Waals surface area contributed by atoms with Crippen LogP contribution < -0.4 is 0 Å². The first-order valence-electron chi connectivity index (χ1n) is 5.31. The Morgan fingerprint density at radius 3 is 2.44 bits per heavy atom. The quantitative estimate of drug-likeness (QED) is 0.810. The maximum atomic E-state index is 11.7. The van der Waals surface area contributed by atoms with Gasteiger partial charge in [0.2, 0.25) is 0 Å². The molecule has 94 valence electrons.